The molecule has 1 aliphatic heterocycles. The molecule has 2 amide bonds. The van der Waals surface area contributed by atoms with Crippen molar-refractivity contribution in [3.05, 3.63) is 95.0 Å². The molecule has 0 unspecified atom stereocenters. The van der Waals surface area contributed by atoms with Crippen LogP contribution in [-0.2, 0) is 16.0 Å². The average Bonchev–Trinajstić information content (AvgIpc) is 3.47. The number of nitrogens with one attached hydrogen (secondary N) is 1. The molecule has 1 saturated heterocycles. The highest BCUT2D eigenvalue weighted by Gasteiger charge is 2.33. The van der Waals surface area contributed by atoms with Crippen LogP contribution in [0.4, 0.5) is 5.69 Å². The van der Waals surface area contributed by atoms with Crippen molar-refractivity contribution in [1.82, 2.24) is 9.88 Å². The zero-order valence-electron chi connectivity index (χ0n) is 20.7. The van der Waals surface area contributed by atoms with Crippen LogP contribution in [0.15, 0.2) is 88.9 Å². The van der Waals surface area contributed by atoms with Crippen LogP contribution in [-0.4, -0.2) is 47.1 Å². The highest BCUT2D eigenvalue weighted by molar-refractivity contribution is 8.18. The molecule has 5 rings (SSSR count). The number of aromatic amines is 1. The Balaban J connectivity index is 1.40. The number of benzene rings is 3. The van der Waals surface area contributed by atoms with Crippen LogP contribution in [0.5, 0.6) is 11.5 Å². The summed E-state index contributed by atoms with van der Waals surface area (Å²) in [6, 6.07) is 22.7. The predicted octanol–water partition coefficient (Wildman–Crippen LogP) is 4.89. The van der Waals surface area contributed by atoms with Gasteiger partial charge in [-0.05, 0) is 77.9 Å². The largest absolute Gasteiger partial charge is 0.497 e. The maximum Gasteiger partial charge on any atom is 0.266 e. The Kier molecular flexibility index (Phi) is 7.46. The third-order valence-corrected chi connectivity index (χ3v) is 7.03. The van der Waals surface area contributed by atoms with Gasteiger partial charge < -0.3 is 20.2 Å². The summed E-state index contributed by atoms with van der Waals surface area (Å²) in [7, 11) is 1.62. The van der Waals surface area contributed by atoms with Crippen molar-refractivity contribution in [3.8, 4) is 11.5 Å². The number of ether oxygens (including phenoxy) is 2. The summed E-state index contributed by atoms with van der Waals surface area (Å²) in [6.45, 7) is 0.297. The molecule has 0 aliphatic carbocycles. The molecule has 1 aliphatic rings. The summed E-state index contributed by atoms with van der Waals surface area (Å²) in [5, 5.41) is 1.77. The second-order valence-electron chi connectivity index (χ2n) is 8.59. The molecule has 0 spiro atoms. The van der Waals surface area contributed by atoms with E-state index in [1.807, 2.05) is 66.9 Å². The molecule has 0 saturated carbocycles. The Labute approximate surface area is 224 Å². The summed E-state index contributed by atoms with van der Waals surface area (Å²) in [5.74, 6) is 0.624. The van der Waals surface area contributed by atoms with Crippen molar-refractivity contribution in [2.45, 2.75) is 6.42 Å². The molecular weight excluding hydrogens is 500 g/mol. The Morgan fingerprint density at radius 2 is 1.79 bits per heavy atom. The van der Waals surface area contributed by atoms with Gasteiger partial charge >= 0.3 is 0 Å². The first-order chi connectivity index (χ1) is 18.5. The molecule has 1 aromatic heterocycles. The van der Waals surface area contributed by atoms with Crippen molar-refractivity contribution >= 4 is 51.4 Å². The predicted molar refractivity (Wildman–Crippen MR) is 151 cm³/mol. The number of para-hydroxylation sites is 1. The zero-order valence-corrected chi connectivity index (χ0v) is 21.5. The molecule has 38 heavy (non-hydrogen) atoms. The van der Waals surface area contributed by atoms with Crippen LogP contribution in [0, 0.1) is 0 Å². The monoisotopic (exact) mass is 526 g/mol. The third-order valence-electron chi connectivity index (χ3n) is 6.02. The summed E-state index contributed by atoms with van der Waals surface area (Å²) < 4.78 is 10.6. The van der Waals surface area contributed by atoms with E-state index in [9.17, 15) is 9.59 Å². The third kappa shape index (κ3) is 5.73. The van der Waals surface area contributed by atoms with Crippen molar-refractivity contribution < 1.29 is 19.1 Å². The number of amides is 2. The molecule has 2 heterocycles. The Bertz CT molecular complexity index is 1520. The van der Waals surface area contributed by atoms with E-state index in [2.05, 4.69) is 11.1 Å². The number of thioether (sulfide) groups is 1. The fraction of sp³-hybridized carbons (Fsp3) is 0.138. The average molecular weight is 527 g/mol. The van der Waals surface area contributed by atoms with Crippen LogP contribution >= 0.6 is 11.8 Å². The number of fused-ring (bicyclic) bond motifs is 1. The van der Waals surface area contributed by atoms with Crippen LogP contribution in [0.25, 0.3) is 17.0 Å². The van der Waals surface area contributed by atoms with E-state index < -0.39 is 5.91 Å². The van der Waals surface area contributed by atoms with Gasteiger partial charge in [-0.15, -0.1) is 0 Å². The van der Waals surface area contributed by atoms with E-state index in [4.69, 9.17) is 20.2 Å². The zero-order chi connectivity index (χ0) is 26.5. The van der Waals surface area contributed by atoms with Gasteiger partial charge in [-0.25, -0.2) is 4.99 Å². The number of H-pyrrole nitrogens is 1. The molecule has 0 radical (unpaired) electrons. The van der Waals surface area contributed by atoms with Gasteiger partial charge in [0.15, 0.2) is 11.8 Å². The normalized spacial score (nSPS) is 15.5. The number of primary amides is 1. The highest BCUT2D eigenvalue weighted by Crippen LogP contribution is 2.35. The quantitative estimate of drug-likeness (QED) is 0.302. The Morgan fingerprint density at radius 1 is 1.05 bits per heavy atom. The van der Waals surface area contributed by atoms with Gasteiger partial charge in [-0.1, -0.05) is 30.3 Å². The molecule has 0 bridgehead atoms. The molecule has 4 aromatic rings. The van der Waals surface area contributed by atoms with Crippen LogP contribution in [0.3, 0.4) is 0 Å². The van der Waals surface area contributed by atoms with E-state index in [-0.39, 0.29) is 12.5 Å². The molecule has 8 nitrogen and oxygen atoms in total. The molecule has 1 fully saturated rings. The van der Waals surface area contributed by atoms with E-state index in [1.165, 1.54) is 11.8 Å². The number of hydrogen-bond acceptors (Lipinski definition) is 6. The fourth-order valence-corrected chi connectivity index (χ4v) is 5.12. The van der Waals surface area contributed by atoms with Gasteiger partial charge in [0.25, 0.3) is 11.8 Å². The number of nitrogens with two attached hydrogens (primary N) is 1. The number of rotatable bonds is 9. The van der Waals surface area contributed by atoms with Gasteiger partial charge in [0.05, 0.1) is 17.7 Å². The number of nitrogens with zero attached hydrogens (tertiary/aromatic N) is 2. The van der Waals surface area contributed by atoms with Gasteiger partial charge in [0.2, 0.25) is 0 Å². The lowest BCUT2D eigenvalue weighted by Crippen LogP contribution is -2.31. The van der Waals surface area contributed by atoms with Crippen LogP contribution < -0.4 is 15.2 Å². The Hall–Kier alpha value is -4.50. The molecule has 3 aromatic carbocycles. The second kappa shape index (κ2) is 11.3. The number of aliphatic imine (C=N–C) groups is 1. The first-order valence-electron chi connectivity index (χ1n) is 12.0. The van der Waals surface area contributed by atoms with Crippen molar-refractivity contribution in [3.63, 3.8) is 0 Å². The smallest absolute Gasteiger partial charge is 0.266 e. The fourth-order valence-electron chi connectivity index (χ4n) is 4.09. The molecule has 3 N–H and O–H groups in total. The van der Waals surface area contributed by atoms with Gasteiger partial charge in [0.1, 0.15) is 11.5 Å². The first kappa shape index (κ1) is 25.2. The van der Waals surface area contributed by atoms with Gasteiger partial charge in [-0.3, -0.25) is 14.5 Å². The summed E-state index contributed by atoms with van der Waals surface area (Å²) in [5.41, 5.74) is 8.91. The van der Waals surface area contributed by atoms with Gasteiger partial charge in [-0.2, -0.15) is 0 Å². The SMILES string of the molecule is COc1ccc(N=C2S/C(=C/c3ccc(OCC(N)=O)cc3)C(=O)N2CCc2c[nH]c3ccccc23)cc1. The lowest BCUT2D eigenvalue weighted by molar-refractivity contribution is -0.122. The second-order valence-corrected chi connectivity index (χ2v) is 9.60. The number of carbonyl (C=O) groups excluding carboxylic acids is 2. The molecule has 192 valence electrons. The van der Waals surface area contributed by atoms with E-state index >= 15 is 0 Å². The van der Waals surface area contributed by atoms with E-state index in [1.54, 1.807) is 24.1 Å². The maximum atomic E-state index is 13.5. The number of aromatic nitrogens is 1. The molecular formula is C29H26N4O4S. The topological polar surface area (TPSA) is 110 Å². The minimum Gasteiger partial charge on any atom is -0.497 e. The van der Waals surface area contributed by atoms with Crippen LogP contribution in [0.1, 0.15) is 11.1 Å². The summed E-state index contributed by atoms with van der Waals surface area (Å²) >= 11 is 1.34. The maximum absolute atomic E-state index is 13.5. The van der Waals surface area contributed by atoms with Crippen molar-refractivity contribution in [2.75, 3.05) is 20.3 Å². The van der Waals surface area contributed by atoms with Crippen molar-refractivity contribution in [1.29, 1.82) is 0 Å². The lowest BCUT2D eigenvalue weighted by Gasteiger charge is -2.15. The summed E-state index contributed by atoms with van der Waals surface area (Å²) in [6.07, 6.45) is 4.51. The van der Waals surface area contributed by atoms with E-state index in [0.717, 1.165) is 33.5 Å². The minimum absolute atomic E-state index is 0.101. The standard InChI is InChI=1S/C29H26N4O4S/c1-36-22-12-8-21(9-13-22)32-29-33(15-14-20-17-31-25-5-3-2-4-24(20)25)28(35)26(38-29)16-19-6-10-23(11-7-19)37-18-27(30)34/h2-13,16-17,31H,14-15,18H2,1H3,(H2,30,34)/b26-16+,32-29?. The molecule has 9 heteroatoms. The lowest BCUT2D eigenvalue weighted by atomic mass is 10.1. The summed E-state index contributed by atoms with van der Waals surface area (Å²) in [4.78, 5) is 34.9. The van der Waals surface area contributed by atoms with E-state index in [0.29, 0.717) is 28.8 Å². The Morgan fingerprint density at radius 3 is 2.53 bits per heavy atom. The number of carbonyl (C=O) groups is 2. The number of methoxy groups -OCH3 is 1. The van der Waals surface area contributed by atoms with Crippen LogP contribution in [0.2, 0.25) is 0 Å². The number of hydrogen-bond donors (Lipinski definition) is 2. The highest BCUT2D eigenvalue weighted by atomic mass is 32.2. The first-order valence-corrected chi connectivity index (χ1v) is 12.8. The van der Waals surface area contributed by atoms with Crippen molar-refractivity contribution in [2.24, 2.45) is 10.7 Å². The number of amidine groups is 1. The minimum atomic E-state index is -0.541. The van der Waals surface area contributed by atoms with Gasteiger partial charge in [0, 0.05) is 23.6 Å². The molecule has 0 atom stereocenters.